The number of aliphatic imine (C=N–C) groups is 1. The molecule has 2 heterocycles. The van der Waals surface area contributed by atoms with Gasteiger partial charge in [-0.2, -0.15) is 5.11 Å². The summed E-state index contributed by atoms with van der Waals surface area (Å²) in [5.74, 6) is 0.592. The van der Waals surface area contributed by atoms with Crippen LogP contribution in [-0.2, 0) is 5.41 Å². The number of ether oxygens (including phenoxy) is 1. The first-order chi connectivity index (χ1) is 17.7. The number of anilines is 1. The number of nitro groups is 1. The number of azo groups is 1. The zero-order valence-corrected chi connectivity index (χ0v) is 20.4. The molecule has 4 aromatic rings. The molecule has 0 fully saturated rings. The van der Waals surface area contributed by atoms with Crippen LogP contribution in [0.2, 0.25) is 0 Å². The molecule has 0 aliphatic carbocycles. The molecule has 6 rings (SSSR count). The lowest BCUT2D eigenvalue weighted by Gasteiger charge is -2.45. The predicted molar refractivity (Wildman–Crippen MR) is 142 cm³/mol. The number of phenols is 1. The van der Waals surface area contributed by atoms with Gasteiger partial charge in [-0.1, -0.05) is 18.2 Å². The summed E-state index contributed by atoms with van der Waals surface area (Å²) in [6, 6.07) is 21.0. The van der Waals surface area contributed by atoms with E-state index in [1.54, 1.807) is 12.1 Å². The number of nitrogens with zero attached hydrogens (tertiary/aromatic N) is 5. The third-order valence-corrected chi connectivity index (χ3v) is 7.38. The van der Waals surface area contributed by atoms with Crippen LogP contribution in [-0.4, -0.2) is 29.0 Å². The fourth-order valence-corrected chi connectivity index (χ4v) is 5.29. The van der Waals surface area contributed by atoms with Gasteiger partial charge in [-0.3, -0.25) is 15.1 Å². The van der Waals surface area contributed by atoms with E-state index in [2.05, 4.69) is 41.1 Å². The van der Waals surface area contributed by atoms with Crippen LogP contribution >= 0.6 is 0 Å². The van der Waals surface area contributed by atoms with E-state index in [0.717, 1.165) is 11.1 Å². The fraction of sp³-hybridized carbons (Fsp3) is 0.179. The van der Waals surface area contributed by atoms with Crippen LogP contribution in [0.5, 0.6) is 11.5 Å². The molecule has 1 N–H and O–H groups in total. The van der Waals surface area contributed by atoms with Crippen LogP contribution in [0.15, 0.2) is 88.0 Å². The molecule has 2 aliphatic rings. The second-order valence-corrected chi connectivity index (χ2v) is 9.67. The second kappa shape index (κ2) is 7.86. The number of likely N-dealkylation sites (N-methyl/N-ethyl adjacent to an activating group) is 1. The molecule has 1 unspecified atom stereocenters. The maximum atomic E-state index is 10.9. The molecule has 4 aromatic carbocycles. The Labute approximate surface area is 212 Å². The summed E-state index contributed by atoms with van der Waals surface area (Å²) in [4.78, 5) is 17.4. The third-order valence-electron chi connectivity index (χ3n) is 7.38. The van der Waals surface area contributed by atoms with Gasteiger partial charge in [-0.25, -0.2) is 0 Å². The van der Waals surface area contributed by atoms with Gasteiger partial charge in [0.25, 0.3) is 5.69 Å². The number of rotatable bonds is 3. The van der Waals surface area contributed by atoms with Crippen LogP contribution in [0.25, 0.3) is 10.8 Å². The molecule has 37 heavy (non-hydrogen) atoms. The van der Waals surface area contributed by atoms with Crippen molar-refractivity contribution in [2.45, 2.75) is 25.0 Å². The first kappa shape index (κ1) is 22.7. The molecule has 1 atom stereocenters. The summed E-state index contributed by atoms with van der Waals surface area (Å²) < 4.78 is 6.73. The van der Waals surface area contributed by atoms with Gasteiger partial charge < -0.3 is 14.7 Å². The topological polar surface area (TPSA) is 113 Å². The normalized spacial score (nSPS) is 19.3. The van der Waals surface area contributed by atoms with Gasteiger partial charge in [-0.15, -0.1) is 5.11 Å². The Kier molecular flexibility index (Phi) is 4.81. The monoisotopic (exact) mass is 493 g/mol. The van der Waals surface area contributed by atoms with E-state index in [0.29, 0.717) is 22.5 Å². The Morgan fingerprint density at radius 1 is 0.973 bits per heavy atom. The van der Waals surface area contributed by atoms with E-state index in [1.807, 2.05) is 37.5 Å². The van der Waals surface area contributed by atoms with Crippen molar-refractivity contribution in [1.82, 2.24) is 0 Å². The van der Waals surface area contributed by atoms with E-state index in [-0.39, 0.29) is 22.5 Å². The number of nitro benzene ring substituents is 1. The van der Waals surface area contributed by atoms with Gasteiger partial charge >= 0.3 is 0 Å². The number of benzene rings is 4. The number of fused-ring (bicyclic) bond motifs is 4. The average Bonchev–Trinajstić information content (AvgIpc) is 3.06. The fourth-order valence-electron chi connectivity index (χ4n) is 5.29. The summed E-state index contributed by atoms with van der Waals surface area (Å²) in [6.45, 7) is 4.31. The van der Waals surface area contributed by atoms with E-state index < -0.39 is 10.6 Å². The Bertz CT molecular complexity index is 1640. The lowest BCUT2D eigenvalue weighted by molar-refractivity contribution is -0.384. The summed E-state index contributed by atoms with van der Waals surface area (Å²) in [6.07, 6.45) is 1.86. The SMILES string of the molecule is CN1c2ccccc2C(C)(C)C12C=Nc1c(ccc3c(N=Nc4ccc([N+](=O)[O-])cc4)c(O)ccc13)O2. The smallest absolute Gasteiger partial charge is 0.269 e. The summed E-state index contributed by atoms with van der Waals surface area (Å²) in [5.41, 5.74) is 2.44. The zero-order chi connectivity index (χ0) is 25.9. The molecular formula is C28H23N5O4. The molecule has 9 heteroatoms. The minimum atomic E-state index is -0.799. The van der Waals surface area contributed by atoms with E-state index in [9.17, 15) is 15.2 Å². The van der Waals surface area contributed by atoms with Gasteiger partial charge in [0, 0.05) is 35.6 Å². The zero-order valence-electron chi connectivity index (χ0n) is 20.4. The van der Waals surface area contributed by atoms with E-state index >= 15 is 0 Å². The predicted octanol–water partition coefficient (Wildman–Crippen LogP) is 7.09. The highest BCUT2D eigenvalue weighted by Crippen LogP contribution is 2.54. The molecule has 0 radical (unpaired) electrons. The number of aromatic hydroxyl groups is 1. The largest absolute Gasteiger partial charge is 0.506 e. The highest BCUT2D eigenvalue weighted by Gasteiger charge is 2.58. The Morgan fingerprint density at radius 3 is 2.43 bits per heavy atom. The maximum absolute atomic E-state index is 10.9. The molecule has 184 valence electrons. The quantitative estimate of drug-likeness (QED) is 0.186. The van der Waals surface area contributed by atoms with Crippen molar-refractivity contribution >= 4 is 45.4 Å². The van der Waals surface area contributed by atoms with Crippen molar-refractivity contribution in [1.29, 1.82) is 0 Å². The molecule has 9 nitrogen and oxygen atoms in total. The highest BCUT2D eigenvalue weighted by molar-refractivity contribution is 6.05. The molecule has 0 saturated carbocycles. The van der Waals surface area contributed by atoms with Crippen molar-refractivity contribution < 1.29 is 14.8 Å². The number of non-ortho nitro benzene ring substituents is 1. The summed E-state index contributed by atoms with van der Waals surface area (Å²) in [7, 11) is 2.01. The van der Waals surface area contributed by atoms with Crippen LogP contribution < -0.4 is 9.64 Å². The van der Waals surface area contributed by atoms with Crippen LogP contribution in [0, 0.1) is 10.1 Å². The lowest BCUT2D eigenvalue weighted by atomic mass is 9.77. The Balaban J connectivity index is 1.41. The van der Waals surface area contributed by atoms with Crippen molar-refractivity contribution in [3.8, 4) is 11.5 Å². The minimum absolute atomic E-state index is 0.0339. The van der Waals surface area contributed by atoms with Gasteiger partial charge in [0.05, 0.1) is 22.2 Å². The van der Waals surface area contributed by atoms with E-state index in [4.69, 9.17) is 9.73 Å². The van der Waals surface area contributed by atoms with Crippen LogP contribution in [0.1, 0.15) is 19.4 Å². The summed E-state index contributed by atoms with van der Waals surface area (Å²) >= 11 is 0. The molecule has 0 saturated heterocycles. The lowest BCUT2D eigenvalue weighted by Crippen LogP contribution is -2.61. The first-order valence-electron chi connectivity index (χ1n) is 11.8. The minimum Gasteiger partial charge on any atom is -0.506 e. The third kappa shape index (κ3) is 3.20. The number of para-hydroxylation sites is 1. The van der Waals surface area contributed by atoms with Crippen molar-refractivity contribution in [2.75, 3.05) is 11.9 Å². The second-order valence-electron chi connectivity index (χ2n) is 9.67. The van der Waals surface area contributed by atoms with E-state index in [1.165, 1.54) is 29.8 Å². The Hall–Kier alpha value is -4.79. The van der Waals surface area contributed by atoms with Crippen molar-refractivity contribution in [3.05, 3.63) is 88.5 Å². The highest BCUT2D eigenvalue weighted by atomic mass is 16.6. The number of hydrogen-bond acceptors (Lipinski definition) is 8. The maximum Gasteiger partial charge on any atom is 0.269 e. The van der Waals surface area contributed by atoms with Gasteiger partial charge in [0.1, 0.15) is 22.9 Å². The van der Waals surface area contributed by atoms with Gasteiger partial charge in [-0.05, 0) is 61.9 Å². The molecule has 1 spiro atoms. The molecule has 2 aliphatic heterocycles. The molecule has 0 amide bonds. The number of hydrogen-bond donors (Lipinski definition) is 1. The van der Waals surface area contributed by atoms with Gasteiger partial charge in [0.2, 0.25) is 5.72 Å². The average molecular weight is 494 g/mol. The van der Waals surface area contributed by atoms with Crippen molar-refractivity contribution in [3.63, 3.8) is 0 Å². The number of phenolic OH excluding ortho intramolecular Hbond substituents is 1. The first-order valence-corrected chi connectivity index (χ1v) is 11.8. The summed E-state index contributed by atoms with van der Waals surface area (Å²) in [5, 5.41) is 31.3. The van der Waals surface area contributed by atoms with Crippen LogP contribution in [0.4, 0.5) is 28.4 Å². The standard InChI is InChI=1S/C28H23N5O4/c1-27(2)21-6-4-5-7-22(21)32(3)28(27)16-29-26-20-12-14-23(34)25(19(20)13-15-24(26)37-28)31-30-17-8-10-18(11-9-17)33(35)36/h4-16,34H,1-3H3. The Morgan fingerprint density at radius 2 is 1.70 bits per heavy atom. The molecule has 0 bridgehead atoms. The molecular weight excluding hydrogens is 470 g/mol. The van der Waals surface area contributed by atoms with Crippen molar-refractivity contribution in [2.24, 2.45) is 15.2 Å². The van der Waals surface area contributed by atoms with Gasteiger partial charge in [0.15, 0.2) is 0 Å². The molecule has 0 aromatic heterocycles. The van der Waals surface area contributed by atoms with Crippen LogP contribution in [0.3, 0.4) is 0 Å².